The first-order chi connectivity index (χ1) is 15.8. The SMILES string of the molecule is COc1ccccc1N1C(=O)CSC1c1ccc(NC(=O)c2ccc(C(C)(C)C)cc2)cc1. The van der Waals surface area contributed by atoms with E-state index in [0.717, 1.165) is 11.3 Å². The molecule has 0 saturated carbocycles. The van der Waals surface area contributed by atoms with Gasteiger partial charge in [0.05, 0.1) is 18.6 Å². The van der Waals surface area contributed by atoms with Gasteiger partial charge in [-0.05, 0) is 52.9 Å². The van der Waals surface area contributed by atoms with E-state index in [1.807, 2.05) is 72.8 Å². The molecule has 1 N–H and O–H groups in total. The van der Waals surface area contributed by atoms with Crippen molar-refractivity contribution in [1.82, 2.24) is 0 Å². The van der Waals surface area contributed by atoms with E-state index in [0.29, 0.717) is 22.8 Å². The first-order valence-electron chi connectivity index (χ1n) is 10.9. The van der Waals surface area contributed by atoms with Crippen molar-refractivity contribution in [1.29, 1.82) is 0 Å². The number of rotatable bonds is 5. The van der Waals surface area contributed by atoms with E-state index in [-0.39, 0.29) is 22.6 Å². The predicted octanol–water partition coefficient (Wildman–Crippen LogP) is 6.02. The number of amides is 2. The van der Waals surface area contributed by atoms with E-state index in [2.05, 4.69) is 26.1 Å². The van der Waals surface area contributed by atoms with Gasteiger partial charge in [0.1, 0.15) is 11.1 Å². The average molecular weight is 461 g/mol. The Hall–Kier alpha value is -3.25. The highest BCUT2D eigenvalue weighted by Crippen LogP contribution is 2.44. The normalized spacial score (nSPS) is 16.1. The lowest BCUT2D eigenvalue weighted by Crippen LogP contribution is -2.28. The van der Waals surface area contributed by atoms with Crippen LogP contribution in [0, 0.1) is 0 Å². The number of para-hydroxylation sites is 2. The van der Waals surface area contributed by atoms with Gasteiger partial charge in [-0.15, -0.1) is 11.8 Å². The van der Waals surface area contributed by atoms with Crippen LogP contribution < -0.4 is 15.0 Å². The summed E-state index contributed by atoms with van der Waals surface area (Å²) in [5.74, 6) is 0.973. The second-order valence-electron chi connectivity index (χ2n) is 9.00. The third-order valence-corrected chi connectivity index (χ3v) is 6.89. The van der Waals surface area contributed by atoms with E-state index in [9.17, 15) is 9.59 Å². The fourth-order valence-corrected chi connectivity index (χ4v) is 4.99. The predicted molar refractivity (Wildman–Crippen MR) is 135 cm³/mol. The summed E-state index contributed by atoms with van der Waals surface area (Å²) in [4.78, 5) is 27.1. The molecule has 1 aliphatic rings. The number of ether oxygens (including phenoxy) is 1. The third kappa shape index (κ3) is 4.91. The summed E-state index contributed by atoms with van der Waals surface area (Å²) in [6.45, 7) is 6.44. The fourth-order valence-electron chi connectivity index (χ4n) is 3.82. The van der Waals surface area contributed by atoms with Gasteiger partial charge in [0.15, 0.2) is 0 Å². The number of nitrogens with zero attached hydrogens (tertiary/aromatic N) is 1. The lowest BCUT2D eigenvalue weighted by atomic mass is 9.87. The fraction of sp³-hybridized carbons (Fsp3) is 0.259. The van der Waals surface area contributed by atoms with Crippen LogP contribution in [-0.4, -0.2) is 24.7 Å². The maximum Gasteiger partial charge on any atom is 0.255 e. The summed E-state index contributed by atoms with van der Waals surface area (Å²) in [7, 11) is 1.61. The van der Waals surface area contributed by atoms with Crippen LogP contribution in [0.3, 0.4) is 0 Å². The van der Waals surface area contributed by atoms with E-state index in [1.165, 1.54) is 5.56 Å². The monoisotopic (exact) mass is 460 g/mol. The zero-order valence-corrected chi connectivity index (χ0v) is 20.1. The molecule has 0 radical (unpaired) electrons. The van der Waals surface area contributed by atoms with Crippen LogP contribution in [0.15, 0.2) is 72.8 Å². The molecule has 170 valence electrons. The van der Waals surface area contributed by atoms with Crippen molar-refractivity contribution in [3.8, 4) is 5.75 Å². The summed E-state index contributed by atoms with van der Waals surface area (Å²) in [5, 5.41) is 2.81. The highest BCUT2D eigenvalue weighted by molar-refractivity contribution is 8.00. The third-order valence-electron chi connectivity index (χ3n) is 5.68. The number of anilines is 2. The molecule has 1 unspecified atom stereocenters. The van der Waals surface area contributed by atoms with Gasteiger partial charge in [0.25, 0.3) is 5.91 Å². The maximum absolute atomic E-state index is 12.7. The lowest BCUT2D eigenvalue weighted by molar-refractivity contribution is -0.115. The van der Waals surface area contributed by atoms with Gasteiger partial charge >= 0.3 is 0 Å². The first-order valence-corrected chi connectivity index (χ1v) is 11.9. The van der Waals surface area contributed by atoms with Crippen LogP contribution in [-0.2, 0) is 10.2 Å². The zero-order chi connectivity index (χ0) is 23.6. The number of nitrogens with one attached hydrogen (secondary N) is 1. The smallest absolute Gasteiger partial charge is 0.255 e. The molecule has 0 spiro atoms. The number of carbonyl (C=O) groups is 2. The number of methoxy groups -OCH3 is 1. The molecule has 6 heteroatoms. The largest absolute Gasteiger partial charge is 0.495 e. The van der Waals surface area contributed by atoms with Crippen LogP contribution in [0.2, 0.25) is 0 Å². The topological polar surface area (TPSA) is 58.6 Å². The van der Waals surface area contributed by atoms with Crippen LogP contribution in [0.4, 0.5) is 11.4 Å². The molecule has 3 aromatic rings. The maximum atomic E-state index is 12.7. The van der Waals surface area contributed by atoms with Crippen LogP contribution in [0.5, 0.6) is 5.75 Å². The van der Waals surface area contributed by atoms with Crippen molar-refractivity contribution in [3.05, 3.63) is 89.5 Å². The van der Waals surface area contributed by atoms with Gasteiger partial charge in [-0.3, -0.25) is 14.5 Å². The van der Waals surface area contributed by atoms with E-state index >= 15 is 0 Å². The molecule has 0 bridgehead atoms. The zero-order valence-electron chi connectivity index (χ0n) is 19.3. The Kier molecular flexibility index (Phi) is 6.47. The Labute approximate surface area is 199 Å². The first kappa shape index (κ1) is 22.9. The van der Waals surface area contributed by atoms with Crippen LogP contribution in [0.1, 0.15) is 47.6 Å². The number of hydrogen-bond donors (Lipinski definition) is 1. The van der Waals surface area contributed by atoms with Crippen molar-refractivity contribution in [2.45, 2.75) is 31.6 Å². The molecular formula is C27H28N2O3S. The Morgan fingerprint density at radius 3 is 2.30 bits per heavy atom. The van der Waals surface area contributed by atoms with Gasteiger partial charge in [0, 0.05) is 11.3 Å². The second kappa shape index (κ2) is 9.32. The minimum Gasteiger partial charge on any atom is -0.495 e. The summed E-state index contributed by atoms with van der Waals surface area (Å²) in [6, 6.07) is 22.9. The number of carbonyl (C=O) groups excluding carboxylic acids is 2. The Bertz CT molecular complexity index is 1150. The van der Waals surface area contributed by atoms with Crippen molar-refractivity contribution in [2.75, 3.05) is 23.1 Å². The van der Waals surface area contributed by atoms with Gasteiger partial charge in [-0.2, -0.15) is 0 Å². The Morgan fingerprint density at radius 2 is 1.67 bits per heavy atom. The molecule has 1 heterocycles. The van der Waals surface area contributed by atoms with Crippen LogP contribution >= 0.6 is 11.8 Å². The molecule has 1 fully saturated rings. The summed E-state index contributed by atoms with van der Waals surface area (Å²) < 4.78 is 5.47. The molecule has 1 atom stereocenters. The molecular weight excluding hydrogens is 432 g/mol. The number of hydrogen-bond acceptors (Lipinski definition) is 4. The van der Waals surface area contributed by atoms with Crippen molar-refractivity contribution >= 4 is 35.0 Å². The van der Waals surface area contributed by atoms with E-state index in [1.54, 1.807) is 23.8 Å². The Morgan fingerprint density at radius 1 is 1.00 bits per heavy atom. The molecule has 3 aromatic carbocycles. The summed E-state index contributed by atoms with van der Waals surface area (Å²) in [6.07, 6.45) is 0. The molecule has 2 amide bonds. The highest BCUT2D eigenvalue weighted by Gasteiger charge is 2.35. The van der Waals surface area contributed by atoms with Crippen molar-refractivity contribution in [2.24, 2.45) is 0 Å². The minimum absolute atomic E-state index is 0.0438. The molecule has 4 rings (SSSR count). The van der Waals surface area contributed by atoms with Gasteiger partial charge in [-0.1, -0.05) is 57.2 Å². The van der Waals surface area contributed by atoms with Crippen molar-refractivity contribution in [3.63, 3.8) is 0 Å². The molecule has 0 aliphatic carbocycles. The van der Waals surface area contributed by atoms with Crippen LogP contribution in [0.25, 0.3) is 0 Å². The summed E-state index contributed by atoms with van der Waals surface area (Å²) >= 11 is 1.58. The van der Waals surface area contributed by atoms with Gasteiger partial charge in [0.2, 0.25) is 5.91 Å². The Balaban J connectivity index is 1.50. The summed E-state index contributed by atoms with van der Waals surface area (Å²) in [5.41, 5.74) is 4.31. The van der Waals surface area contributed by atoms with Gasteiger partial charge in [-0.25, -0.2) is 0 Å². The molecule has 1 saturated heterocycles. The standard InChI is InChI=1S/C27H28N2O3S/c1-27(2,3)20-13-9-18(10-14-20)25(31)28-21-15-11-19(12-16-21)26-29(24(30)17-33-26)22-7-5-6-8-23(22)32-4/h5-16,26H,17H2,1-4H3,(H,28,31). The average Bonchev–Trinajstić information content (AvgIpc) is 3.20. The molecule has 1 aliphatic heterocycles. The highest BCUT2D eigenvalue weighted by atomic mass is 32.2. The van der Waals surface area contributed by atoms with E-state index < -0.39 is 0 Å². The second-order valence-corrected chi connectivity index (χ2v) is 10.1. The molecule has 0 aromatic heterocycles. The number of thioether (sulfide) groups is 1. The minimum atomic E-state index is -0.150. The van der Waals surface area contributed by atoms with Crippen molar-refractivity contribution < 1.29 is 14.3 Å². The molecule has 5 nitrogen and oxygen atoms in total. The molecule has 33 heavy (non-hydrogen) atoms. The number of benzene rings is 3. The van der Waals surface area contributed by atoms with Gasteiger partial charge < -0.3 is 10.1 Å². The van der Waals surface area contributed by atoms with E-state index in [4.69, 9.17) is 4.74 Å². The quantitative estimate of drug-likeness (QED) is 0.506. The lowest BCUT2D eigenvalue weighted by Gasteiger charge is -2.26.